The van der Waals surface area contributed by atoms with Gasteiger partial charge in [-0.15, -0.1) is 6.42 Å². The molecule has 0 spiro atoms. The molecule has 1 aliphatic rings. The number of imidazole rings is 1. The number of nitrogens with two attached hydrogens (primary N) is 1. The van der Waals surface area contributed by atoms with E-state index in [-0.39, 0.29) is 19.0 Å². The largest absolute Gasteiger partial charge is 0.382 e. The minimum atomic E-state index is -3.15. The van der Waals surface area contributed by atoms with Crippen LogP contribution in [0, 0.1) is 12.3 Å². The van der Waals surface area contributed by atoms with Crippen molar-refractivity contribution >= 4 is 35.8 Å². The van der Waals surface area contributed by atoms with Gasteiger partial charge in [-0.2, -0.15) is 0 Å². The first-order valence-corrected chi connectivity index (χ1v) is 11.2. The molecule has 0 aliphatic carbocycles. The maximum atomic E-state index is 12.2. The molecule has 0 bridgehead atoms. The van der Waals surface area contributed by atoms with Crippen molar-refractivity contribution in [1.29, 1.82) is 0 Å². The smallest absolute Gasteiger partial charge is 0.252 e. The summed E-state index contributed by atoms with van der Waals surface area (Å²) in [5.41, 5.74) is 6.74. The van der Waals surface area contributed by atoms with E-state index in [1.807, 2.05) is 0 Å². The van der Waals surface area contributed by atoms with Crippen LogP contribution in [0.25, 0.3) is 11.2 Å². The molecule has 1 unspecified atom stereocenters. The molecule has 2 aromatic heterocycles. The Kier molecular flexibility index (Phi) is 6.05. The molecule has 3 heterocycles. The molecule has 3 rings (SSSR count). The number of ether oxygens (including phenoxy) is 3. The molecule has 12 heteroatoms. The van der Waals surface area contributed by atoms with Gasteiger partial charge in [0.15, 0.2) is 17.7 Å². The molecule has 0 saturated carbocycles. The van der Waals surface area contributed by atoms with Gasteiger partial charge in [0.1, 0.15) is 36.8 Å². The van der Waals surface area contributed by atoms with E-state index >= 15 is 0 Å². The number of hydrogen-bond donors (Lipinski definition) is 2. The van der Waals surface area contributed by atoms with Crippen LogP contribution in [0.5, 0.6) is 0 Å². The SMILES string of the molecule is C#CCO[C@H]1[C@@H](OP(C)(=O)S)[C@@H](COC)O[C@H]1n1cnc2c(N)ncnc21. The van der Waals surface area contributed by atoms with E-state index in [4.69, 9.17) is 30.9 Å². The summed E-state index contributed by atoms with van der Waals surface area (Å²) < 4.78 is 36.6. The second-order valence-electron chi connectivity index (χ2n) is 5.96. The summed E-state index contributed by atoms with van der Waals surface area (Å²) in [6, 6.07) is 0. The third-order valence-electron chi connectivity index (χ3n) is 3.95. The number of terminal acetylenes is 1. The van der Waals surface area contributed by atoms with Gasteiger partial charge in [-0.05, 0) is 0 Å². The topological polar surface area (TPSA) is 124 Å². The minimum Gasteiger partial charge on any atom is -0.382 e. The van der Waals surface area contributed by atoms with Crippen molar-refractivity contribution in [2.45, 2.75) is 24.5 Å². The second kappa shape index (κ2) is 8.14. The lowest BCUT2D eigenvalue weighted by molar-refractivity contribution is -0.0670. The lowest BCUT2D eigenvalue weighted by atomic mass is 10.1. The fourth-order valence-corrected chi connectivity index (χ4v) is 4.00. The Bertz CT molecular complexity index is 896. The number of aromatic nitrogens is 4. The first-order valence-electron chi connectivity index (χ1n) is 7.97. The van der Waals surface area contributed by atoms with Gasteiger partial charge in [-0.3, -0.25) is 9.13 Å². The van der Waals surface area contributed by atoms with Crippen LogP contribution >= 0.6 is 18.8 Å². The highest BCUT2D eigenvalue weighted by Gasteiger charge is 2.49. The lowest BCUT2D eigenvalue weighted by Gasteiger charge is -2.25. The van der Waals surface area contributed by atoms with E-state index in [2.05, 4.69) is 33.1 Å². The van der Waals surface area contributed by atoms with Gasteiger partial charge in [-0.1, -0.05) is 18.2 Å². The van der Waals surface area contributed by atoms with Crippen molar-refractivity contribution in [2.75, 3.05) is 32.7 Å². The van der Waals surface area contributed by atoms with Gasteiger partial charge in [0.2, 0.25) is 0 Å². The van der Waals surface area contributed by atoms with E-state index in [0.717, 1.165) is 0 Å². The molecule has 1 aliphatic heterocycles. The van der Waals surface area contributed by atoms with Crippen molar-refractivity contribution in [2.24, 2.45) is 0 Å². The zero-order valence-electron chi connectivity index (χ0n) is 14.8. The zero-order chi connectivity index (χ0) is 19.6. The molecular weight excluding hydrogens is 393 g/mol. The average molecular weight is 413 g/mol. The Labute approximate surface area is 161 Å². The summed E-state index contributed by atoms with van der Waals surface area (Å²) >= 11 is 4.03. The summed E-state index contributed by atoms with van der Waals surface area (Å²) in [5, 5.41) is 0. The van der Waals surface area contributed by atoms with Crippen LogP contribution in [0.3, 0.4) is 0 Å². The van der Waals surface area contributed by atoms with Gasteiger partial charge in [-0.25, -0.2) is 15.0 Å². The van der Waals surface area contributed by atoms with E-state index in [1.165, 1.54) is 26.4 Å². The molecule has 27 heavy (non-hydrogen) atoms. The molecular formula is C15H20N5O5PS. The number of anilines is 1. The van der Waals surface area contributed by atoms with Crippen molar-refractivity contribution < 1.29 is 23.3 Å². The normalized spacial score (nSPS) is 27.5. The number of thiol groups is 1. The number of nitrogens with zero attached hydrogens (tertiary/aromatic N) is 4. The molecule has 1 fully saturated rings. The summed E-state index contributed by atoms with van der Waals surface area (Å²) in [6.07, 6.45) is 5.49. The van der Waals surface area contributed by atoms with Gasteiger partial charge in [0.25, 0.3) is 6.57 Å². The molecule has 10 nitrogen and oxygen atoms in total. The Balaban J connectivity index is 2.02. The standard InChI is InChI=1S/C15H20N5O5PS/c1-4-5-23-12-11(25-26(3,21)27)9(6-22-2)24-15(12)20-8-19-10-13(16)17-7-18-14(10)20/h1,7-9,11-12,15H,5-6H2,2-3H3,(H,21,27)(H2,16,17,18)/t9-,11+,12+,15-,26?/m1/s1. The van der Waals surface area contributed by atoms with Gasteiger partial charge >= 0.3 is 0 Å². The molecule has 1 saturated heterocycles. The summed E-state index contributed by atoms with van der Waals surface area (Å²) in [6.45, 7) is -1.56. The van der Waals surface area contributed by atoms with Crippen LogP contribution in [-0.4, -0.2) is 64.8 Å². The average Bonchev–Trinajstić information content (AvgIpc) is 3.15. The third kappa shape index (κ3) is 4.27. The van der Waals surface area contributed by atoms with Gasteiger partial charge < -0.3 is 24.5 Å². The van der Waals surface area contributed by atoms with Crippen molar-refractivity contribution in [3.8, 4) is 12.3 Å². The summed E-state index contributed by atoms with van der Waals surface area (Å²) in [4.78, 5) is 12.4. The van der Waals surface area contributed by atoms with E-state index in [1.54, 1.807) is 4.57 Å². The molecule has 2 aromatic rings. The first-order chi connectivity index (χ1) is 12.9. The number of methoxy groups -OCH3 is 1. The zero-order valence-corrected chi connectivity index (χ0v) is 16.5. The van der Waals surface area contributed by atoms with Crippen LogP contribution in [0.2, 0.25) is 0 Å². The highest BCUT2D eigenvalue weighted by Crippen LogP contribution is 2.52. The van der Waals surface area contributed by atoms with Gasteiger partial charge in [0, 0.05) is 13.8 Å². The van der Waals surface area contributed by atoms with Crippen LogP contribution in [-0.2, 0) is 23.3 Å². The van der Waals surface area contributed by atoms with Crippen LogP contribution in [0.15, 0.2) is 12.7 Å². The number of fused-ring (bicyclic) bond motifs is 1. The minimum absolute atomic E-state index is 0.00836. The Morgan fingerprint density at radius 1 is 1.44 bits per heavy atom. The van der Waals surface area contributed by atoms with E-state index < -0.39 is 31.1 Å². The Morgan fingerprint density at radius 3 is 2.89 bits per heavy atom. The molecule has 2 N–H and O–H groups in total. The highest BCUT2D eigenvalue weighted by atomic mass is 32.7. The summed E-state index contributed by atoms with van der Waals surface area (Å²) in [5.74, 6) is 2.66. The third-order valence-corrected chi connectivity index (χ3v) is 4.87. The quantitative estimate of drug-likeness (QED) is 0.390. The number of hydrogen-bond acceptors (Lipinski definition) is 9. The summed E-state index contributed by atoms with van der Waals surface area (Å²) in [7, 11) is 1.53. The van der Waals surface area contributed by atoms with E-state index in [9.17, 15) is 4.57 Å². The van der Waals surface area contributed by atoms with Crippen LogP contribution in [0.4, 0.5) is 5.82 Å². The fourth-order valence-electron chi connectivity index (χ4n) is 2.96. The Hall–Kier alpha value is -1.67. The molecule has 0 amide bonds. The molecule has 5 atom stereocenters. The predicted octanol–water partition coefficient (Wildman–Crippen LogP) is 1.11. The van der Waals surface area contributed by atoms with Crippen LogP contribution in [0.1, 0.15) is 6.23 Å². The molecule has 0 aromatic carbocycles. The second-order valence-corrected chi connectivity index (χ2v) is 9.95. The first kappa shape index (κ1) is 20.1. The van der Waals surface area contributed by atoms with Crippen molar-refractivity contribution in [3.05, 3.63) is 12.7 Å². The lowest BCUT2D eigenvalue weighted by Crippen LogP contribution is -2.37. The maximum Gasteiger partial charge on any atom is 0.252 e. The molecule has 146 valence electrons. The monoisotopic (exact) mass is 413 g/mol. The predicted molar refractivity (Wildman–Crippen MR) is 101 cm³/mol. The van der Waals surface area contributed by atoms with Gasteiger partial charge in [0.05, 0.1) is 12.9 Å². The van der Waals surface area contributed by atoms with Crippen molar-refractivity contribution in [3.63, 3.8) is 0 Å². The Morgan fingerprint density at radius 2 is 2.22 bits per heavy atom. The number of rotatable bonds is 7. The maximum absolute atomic E-state index is 12.2. The van der Waals surface area contributed by atoms with Crippen LogP contribution < -0.4 is 5.73 Å². The number of nitrogen functional groups attached to an aromatic ring is 1. The highest BCUT2D eigenvalue weighted by molar-refractivity contribution is 8.46. The van der Waals surface area contributed by atoms with E-state index in [0.29, 0.717) is 11.2 Å². The fraction of sp³-hybridized carbons (Fsp3) is 0.533. The van der Waals surface area contributed by atoms with Crippen molar-refractivity contribution in [1.82, 2.24) is 19.5 Å². The molecule has 0 radical (unpaired) electrons.